The highest BCUT2D eigenvalue weighted by molar-refractivity contribution is 5.92. The van der Waals surface area contributed by atoms with Crippen LogP contribution in [0.3, 0.4) is 0 Å². The van der Waals surface area contributed by atoms with Crippen LogP contribution in [0.15, 0.2) is 24.3 Å². The minimum Gasteiger partial charge on any atom is -0.393 e. The predicted molar refractivity (Wildman–Crippen MR) is 85.3 cm³/mol. The number of aryl methyl sites for hydroxylation is 1. The number of nitrogens with zero attached hydrogens (tertiary/aromatic N) is 1. The fourth-order valence-electron chi connectivity index (χ4n) is 2.96. The van der Waals surface area contributed by atoms with Crippen molar-refractivity contribution in [3.05, 3.63) is 29.8 Å². The first-order valence-electron chi connectivity index (χ1n) is 7.84. The van der Waals surface area contributed by atoms with Crippen LogP contribution in [0, 0.1) is 5.92 Å². The Labute approximate surface area is 127 Å². The highest BCUT2D eigenvalue weighted by Gasteiger charge is 2.26. The van der Waals surface area contributed by atoms with Crippen molar-refractivity contribution in [3.8, 4) is 0 Å². The molecule has 4 nitrogen and oxygen atoms in total. The van der Waals surface area contributed by atoms with E-state index in [0.717, 1.165) is 37.9 Å². The lowest BCUT2D eigenvalue weighted by Crippen LogP contribution is -2.35. The summed E-state index contributed by atoms with van der Waals surface area (Å²) in [6.45, 7) is 3.25. The van der Waals surface area contributed by atoms with Crippen LogP contribution in [0.5, 0.6) is 0 Å². The van der Waals surface area contributed by atoms with E-state index in [0.29, 0.717) is 12.5 Å². The van der Waals surface area contributed by atoms with Crippen molar-refractivity contribution < 1.29 is 9.90 Å². The SMILES string of the molecule is CCc1ccc(NC(=O)CN(C)CC2CCCC2O)cc1. The summed E-state index contributed by atoms with van der Waals surface area (Å²) in [4.78, 5) is 14.0. The van der Waals surface area contributed by atoms with Crippen LogP contribution < -0.4 is 5.32 Å². The Bertz CT molecular complexity index is 458. The van der Waals surface area contributed by atoms with E-state index in [4.69, 9.17) is 0 Å². The second kappa shape index (κ2) is 7.57. The number of benzene rings is 1. The topological polar surface area (TPSA) is 52.6 Å². The molecule has 21 heavy (non-hydrogen) atoms. The first-order valence-corrected chi connectivity index (χ1v) is 7.84. The lowest BCUT2D eigenvalue weighted by atomic mass is 10.1. The lowest BCUT2D eigenvalue weighted by molar-refractivity contribution is -0.117. The second-order valence-electron chi connectivity index (χ2n) is 6.05. The Kier molecular flexibility index (Phi) is 5.76. The smallest absolute Gasteiger partial charge is 0.238 e. The quantitative estimate of drug-likeness (QED) is 0.845. The molecule has 1 saturated carbocycles. The first kappa shape index (κ1) is 16.0. The summed E-state index contributed by atoms with van der Waals surface area (Å²) in [5.41, 5.74) is 2.10. The highest BCUT2D eigenvalue weighted by Crippen LogP contribution is 2.25. The maximum Gasteiger partial charge on any atom is 0.238 e. The summed E-state index contributed by atoms with van der Waals surface area (Å²) in [5.74, 6) is 0.306. The van der Waals surface area contributed by atoms with Gasteiger partial charge >= 0.3 is 0 Å². The molecule has 0 spiro atoms. The van der Waals surface area contributed by atoms with Gasteiger partial charge < -0.3 is 10.4 Å². The van der Waals surface area contributed by atoms with E-state index >= 15 is 0 Å². The fraction of sp³-hybridized carbons (Fsp3) is 0.588. The van der Waals surface area contributed by atoms with Crippen LogP contribution in [-0.2, 0) is 11.2 Å². The molecule has 1 amide bonds. The van der Waals surface area contributed by atoms with Crippen molar-refractivity contribution in [1.82, 2.24) is 4.90 Å². The molecule has 4 heteroatoms. The van der Waals surface area contributed by atoms with Gasteiger partial charge in [-0.3, -0.25) is 9.69 Å². The zero-order valence-electron chi connectivity index (χ0n) is 13.0. The summed E-state index contributed by atoms with van der Waals surface area (Å²) >= 11 is 0. The molecule has 0 aromatic heterocycles. The maximum atomic E-state index is 12.0. The van der Waals surface area contributed by atoms with Gasteiger partial charge in [0.15, 0.2) is 0 Å². The van der Waals surface area contributed by atoms with Crippen molar-refractivity contribution in [3.63, 3.8) is 0 Å². The van der Waals surface area contributed by atoms with E-state index in [-0.39, 0.29) is 12.0 Å². The van der Waals surface area contributed by atoms with Crippen molar-refractivity contribution in [2.24, 2.45) is 5.92 Å². The minimum absolute atomic E-state index is 0.00534. The number of nitrogens with one attached hydrogen (secondary N) is 1. The lowest BCUT2D eigenvalue weighted by Gasteiger charge is -2.22. The number of likely N-dealkylation sites (N-methyl/N-ethyl adjacent to an activating group) is 1. The van der Waals surface area contributed by atoms with E-state index in [1.165, 1.54) is 5.56 Å². The average molecular weight is 290 g/mol. The molecular formula is C17H26N2O2. The van der Waals surface area contributed by atoms with Crippen LogP contribution in [0.4, 0.5) is 5.69 Å². The first-order chi connectivity index (χ1) is 10.1. The third kappa shape index (κ3) is 4.83. The molecular weight excluding hydrogens is 264 g/mol. The monoisotopic (exact) mass is 290 g/mol. The Balaban J connectivity index is 1.77. The molecule has 1 aliphatic rings. The molecule has 1 aliphatic carbocycles. The Morgan fingerprint density at radius 1 is 1.33 bits per heavy atom. The molecule has 2 unspecified atom stereocenters. The molecule has 1 aromatic carbocycles. The van der Waals surface area contributed by atoms with Crippen molar-refractivity contribution in [2.45, 2.75) is 38.7 Å². The molecule has 1 aromatic rings. The number of aliphatic hydroxyl groups excluding tert-OH is 1. The van der Waals surface area contributed by atoms with Crippen LogP contribution in [0.1, 0.15) is 31.7 Å². The van der Waals surface area contributed by atoms with E-state index < -0.39 is 0 Å². The van der Waals surface area contributed by atoms with Gasteiger partial charge in [0.1, 0.15) is 0 Å². The van der Waals surface area contributed by atoms with Crippen LogP contribution in [0.2, 0.25) is 0 Å². The van der Waals surface area contributed by atoms with Gasteiger partial charge in [0.2, 0.25) is 5.91 Å². The largest absolute Gasteiger partial charge is 0.393 e. The summed E-state index contributed by atoms with van der Waals surface area (Å²) in [6, 6.07) is 7.96. The van der Waals surface area contributed by atoms with Crippen molar-refractivity contribution in [1.29, 1.82) is 0 Å². The average Bonchev–Trinajstić information content (AvgIpc) is 2.84. The summed E-state index contributed by atoms with van der Waals surface area (Å²) in [6.07, 6.45) is 3.85. The molecule has 116 valence electrons. The normalized spacial score (nSPS) is 21.7. The van der Waals surface area contributed by atoms with Gasteiger partial charge in [-0.25, -0.2) is 0 Å². The van der Waals surface area contributed by atoms with E-state index in [2.05, 4.69) is 12.2 Å². The van der Waals surface area contributed by atoms with Gasteiger partial charge in [-0.2, -0.15) is 0 Å². The highest BCUT2D eigenvalue weighted by atomic mass is 16.3. The van der Waals surface area contributed by atoms with Crippen LogP contribution in [-0.4, -0.2) is 42.2 Å². The van der Waals surface area contributed by atoms with E-state index in [1.807, 2.05) is 36.2 Å². The maximum absolute atomic E-state index is 12.0. The van der Waals surface area contributed by atoms with Gasteiger partial charge in [0, 0.05) is 12.2 Å². The third-order valence-corrected chi connectivity index (χ3v) is 4.22. The number of hydrogen-bond acceptors (Lipinski definition) is 3. The fourth-order valence-corrected chi connectivity index (χ4v) is 2.96. The molecule has 0 bridgehead atoms. The molecule has 0 heterocycles. The van der Waals surface area contributed by atoms with E-state index in [9.17, 15) is 9.90 Å². The molecule has 2 N–H and O–H groups in total. The zero-order chi connectivity index (χ0) is 15.2. The third-order valence-electron chi connectivity index (χ3n) is 4.22. The number of carbonyl (C=O) groups excluding carboxylic acids is 1. The summed E-state index contributed by atoms with van der Waals surface area (Å²) in [5, 5.41) is 12.7. The van der Waals surface area contributed by atoms with Crippen molar-refractivity contribution >= 4 is 11.6 Å². The molecule has 0 radical (unpaired) electrons. The molecule has 2 atom stereocenters. The number of rotatable bonds is 6. The van der Waals surface area contributed by atoms with Gasteiger partial charge in [0.25, 0.3) is 0 Å². The number of carbonyl (C=O) groups is 1. The zero-order valence-corrected chi connectivity index (χ0v) is 13.0. The van der Waals surface area contributed by atoms with Gasteiger partial charge in [-0.05, 0) is 49.9 Å². The summed E-state index contributed by atoms with van der Waals surface area (Å²) in [7, 11) is 1.94. The molecule has 2 rings (SSSR count). The number of aliphatic hydroxyl groups is 1. The Morgan fingerprint density at radius 2 is 2.05 bits per heavy atom. The summed E-state index contributed by atoms with van der Waals surface area (Å²) < 4.78 is 0. The number of amides is 1. The Hall–Kier alpha value is -1.39. The van der Waals surface area contributed by atoms with Crippen LogP contribution >= 0.6 is 0 Å². The van der Waals surface area contributed by atoms with Crippen LogP contribution in [0.25, 0.3) is 0 Å². The second-order valence-corrected chi connectivity index (χ2v) is 6.05. The molecule has 0 saturated heterocycles. The van der Waals surface area contributed by atoms with Gasteiger partial charge in [0.05, 0.1) is 12.6 Å². The number of anilines is 1. The van der Waals surface area contributed by atoms with E-state index in [1.54, 1.807) is 0 Å². The van der Waals surface area contributed by atoms with Gasteiger partial charge in [-0.15, -0.1) is 0 Å². The standard InChI is InChI=1S/C17H26N2O2/c1-3-13-7-9-15(10-8-13)18-17(21)12-19(2)11-14-5-4-6-16(14)20/h7-10,14,16,20H,3-6,11-12H2,1-2H3,(H,18,21). The number of hydrogen-bond donors (Lipinski definition) is 2. The Morgan fingerprint density at radius 3 is 2.62 bits per heavy atom. The van der Waals surface area contributed by atoms with Crippen molar-refractivity contribution in [2.75, 3.05) is 25.5 Å². The van der Waals surface area contributed by atoms with Gasteiger partial charge in [-0.1, -0.05) is 25.5 Å². The molecule has 1 fully saturated rings. The molecule has 0 aliphatic heterocycles. The predicted octanol–water partition coefficient (Wildman–Crippen LogP) is 2.28. The minimum atomic E-state index is -0.197.